The zero-order valence-electron chi connectivity index (χ0n) is 11.3. The second-order valence-corrected chi connectivity index (χ2v) is 6.61. The molecule has 1 saturated carbocycles. The van der Waals surface area contributed by atoms with Crippen molar-refractivity contribution in [1.29, 1.82) is 0 Å². The van der Waals surface area contributed by atoms with Crippen molar-refractivity contribution in [2.24, 2.45) is 0 Å². The molecule has 0 saturated heterocycles. The quantitative estimate of drug-likeness (QED) is 0.798. The monoisotopic (exact) mass is 284 g/mol. The summed E-state index contributed by atoms with van der Waals surface area (Å²) in [6, 6.07) is 7.80. The highest BCUT2D eigenvalue weighted by Gasteiger charge is 2.30. The third-order valence-corrected chi connectivity index (χ3v) is 4.12. The molecule has 0 radical (unpaired) electrons. The number of rotatable bonds is 4. The number of methoxy groups -OCH3 is 1. The first-order valence-electron chi connectivity index (χ1n) is 6.52. The highest BCUT2D eigenvalue weighted by molar-refractivity contribution is 7.86. The lowest BCUT2D eigenvalue weighted by molar-refractivity contribution is 0.138. The summed E-state index contributed by atoms with van der Waals surface area (Å²) in [5.74, 6) is 0.916. The molecule has 5 heteroatoms. The molecule has 1 fully saturated rings. The van der Waals surface area contributed by atoms with Crippen LogP contribution in [-0.4, -0.2) is 27.9 Å². The van der Waals surface area contributed by atoms with Crippen LogP contribution in [-0.2, 0) is 14.3 Å². The third-order valence-electron chi connectivity index (χ3n) is 3.52. The molecule has 1 aliphatic rings. The molecule has 0 amide bonds. The topological polar surface area (TPSA) is 52.6 Å². The lowest BCUT2D eigenvalue weighted by Crippen LogP contribution is -2.28. The maximum absolute atomic E-state index is 11.4. The summed E-state index contributed by atoms with van der Waals surface area (Å²) in [6.07, 6.45) is 4.72. The van der Waals surface area contributed by atoms with E-state index in [1.807, 2.05) is 24.3 Å². The molecule has 0 aromatic heterocycles. The summed E-state index contributed by atoms with van der Waals surface area (Å²) < 4.78 is 33.2. The Balaban J connectivity index is 2.23. The highest BCUT2D eigenvalue weighted by atomic mass is 32.2. The number of ether oxygens (including phenoxy) is 1. The van der Waals surface area contributed by atoms with E-state index in [2.05, 4.69) is 0 Å². The van der Waals surface area contributed by atoms with Gasteiger partial charge >= 0.3 is 0 Å². The molecule has 1 aliphatic carbocycles. The number of hydrogen-bond donors (Lipinski definition) is 0. The molecular formula is C14H20O4S. The van der Waals surface area contributed by atoms with Crippen molar-refractivity contribution >= 4 is 10.1 Å². The van der Waals surface area contributed by atoms with Crippen LogP contribution in [0.4, 0.5) is 0 Å². The van der Waals surface area contributed by atoms with Crippen molar-refractivity contribution in [3.63, 3.8) is 0 Å². The van der Waals surface area contributed by atoms with Crippen LogP contribution in [0.2, 0.25) is 0 Å². The number of hydrogen-bond acceptors (Lipinski definition) is 4. The average molecular weight is 284 g/mol. The van der Waals surface area contributed by atoms with Crippen LogP contribution in [0.25, 0.3) is 0 Å². The van der Waals surface area contributed by atoms with Gasteiger partial charge in [-0.05, 0) is 30.5 Å². The lowest BCUT2D eigenvalue weighted by atomic mass is 9.82. The Bertz CT molecular complexity index is 524. The summed E-state index contributed by atoms with van der Waals surface area (Å²) in [5.41, 5.74) is 1.09. The van der Waals surface area contributed by atoms with Gasteiger partial charge in [0, 0.05) is 5.92 Å². The van der Waals surface area contributed by atoms with Gasteiger partial charge in [0.2, 0.25) is 0 Å². The van der Waals surface area contributed by atoms with E-state index < -0.39 is 10.1 Å². The Hall–Kier alpha value is -1.07. The van der Waals surface area contributed by atoms with E-state index in [1.165, 1.54) is 0 Å². The van der Waals surface area contributed by atoms with Crippen molar-refractivity contribution in [1.82, 2.24) is 0 Å². The molecule has 0 unspecified atom stereocenters. The van der Waals surface area contributed by atoms with Crippen molar-refractivity contribution in [2.75, 3.05) is 13.4 Å². The Morgan fingerprint density at radius 1 is 1.21 bits per heavy atom. The molecule has 0 N–H and O–H groups in total. The summed E-state index contributed by atoms with van der Waals surface area (Å²) >= 11 is 0. The first kappa shape index (κ1) is 14.3. The van der Waals surface area contributed by atoms with Crippen LogP contribution >= 0.6 is 0 Å². The normalized spacial score (nSPS) is 24.1. The largest absolute Gasteiger partial charge is 0.497 e. The Labute approximate surface area is 114 Å². The molecule has 0 spiro atoms. The summed E-state index contributed by atoms with van der Waals surface area (Å²) in [5, 5.41) is 0. The summed E-state index contributed by atoms with van der Waals surface area (Å²) in [7, 11) is -1.78. The standard InChI is InChI=1S/C14H20O4S/c1-17-12-7-5-6-11(10-12)13-8-3-4-9-14(13)18-19(2,15)16/h5-7,10,13-14H,3-4,8-9H2,1-2H3/t13-,14-/m1/s1. The number of benzene rings is 1. The van der Waals surface area contributed by atoms with Gasteiger partial charge in [-0.15, -0.1) is 0 Å². The molecule has 2 rings (SSSR count). The van der Waals surface area contributed by atoms with Crippen molar-refractivity contribution < 1.29 is 17.3 Å². The molecule has 1 aromatic rings. The minimum atomic E-state index is -3.41. The van der Waals surface area contributed by atoms with Gasteiger partial charge in [0.05, 0.1) is 19.5 Å². The van der Waals surface area contributed by atoms with Crippen LogP contribution < -0.4 is 4.74 Å². The average Bonchev–Trinajstić information content (AvgIpc) is 2.37. The fraction of sp³-hybridized carbons (Fsp3) is 0.571. The molecule has 2 atom stereocenters. The van der Waals surface area contributed by atoms with Gasteiger partial charge in [0.25, 0.3) is 10.1 Å². The van der Waals surface area contributed by atoms with Crippen LogP contribution in [0.15, 0.2) is 24.3 Å². The van der Waals surface area contributed by atoms with Gasteiger partial charge in [-0.1, -0.05) is 25.0 Å². The van der Waals surface area contributed by atoms with Crippen molar-refractivity contribution in [2.45, 2.75) is 37.7 Å². The van der Waals surface area contributed by atoms with E-state index in [0.29, 0.717) is 0 Å². The molecule has 4 nitrogen and oxygen atoms in total. The van der Waals surface area contributed by atoms with E-state index in [1.54, 1.807) is 7.11 Å². The molecule has 1 aromatic carbocycles. The maximum atomic E-state index is 11.4. The van der Waals surface area contributed by atoms with E-state index in [4.69, 9.17) is 8.92 Å². The van der Waals surface area contributed by atoms with Crippen LogP contribution in [0.3, 0.4) is 0 Å². The minimum absolute atomic E-state index is 0.124. The molecule has 19 heavy (non-hydrogen) atoms. The zero-order chi connectivity index (χ0) is 13.9. The first-order valence-corrected chi connectivity index (χ1v) is 8.33. The van der Waals surface area contributed by atoms with Crippen LogP contribution in [0.5, 0.6) is 5.75 Å². The Kier molecular flexibility index (Phi) is 4.47. The summed E-state index contributed by atoms with van der Waals surface area (Å²) in [4.78, 5) is 0. The fourth-order valence-corrected chi connectivity index (χ4v) is 3.37. The van der Waals surface area contributed by atoms with Crippen LogP contribution in [0.1, 0.15) is 37.2 Å². The fourth-order valence-electron chi connectivity index (χ4n) is 2.69. The maximum Gasteiger partial charge on any atom is 0.264 e. The highest BCUT2D eigenvalue weighted by Crippen LogP contribution is 2.36. The van der Waals surface area contributed by atoms with Crippen molar-refractivity contribution in [3.8, 4) is 5.75 Å². The minimum Gasteiger partial charge on any atom is -0.497 e. The van der Waals surface area contributed by atoms with Crippen LogP contribution in [0, 0.1) is 0 Å². The van der Waals surface area contributed by atoms with Gasteiger partial charge in [-0.25, -0.2) is 0 Å². The van der Waals surface area contributed by atoms with E-state index in [9.17, 15) is 8.42 Å². The van der Waals surface area contributed by atoms with E-state index in [-0.39, 0.29) is 12.0 Å². The predicted molar refractivity (Wildman–Crippen MR) is 73.9 cm³/mol. The molecule has 0 aliphatic heterocycles. The van der Waals surface area contributed by atoms with Gasteiger partial charge in [0.15, 0.2) is 0 Å². The van der Waals surface area contributed by atoms with Gasteiger partial charge in [-0.3, -0.25) is 4.18 Å². The smallest absolute Gasteiger partial charge is 0.264 e. The molecule has 106 valence electrons. The predicted octanol–water partition coefficient (Wildman–Crippen LogP) is 2.70. The van der Waals surface area contributed by atoms with E-state index in [0.717, 1.165) is 43.3 Å². The van der Waals surface area contributed by atoms with E-state index >= 15 is 0 Å². The second kappa shape index (κ2) is 5.92. The van der Waals surface area contributed by atoms with Gasteiger partial charge in [0.1, 0.15) is 5.75 Å². The SMILES string of the molecule is COc1cccc([C@H]2CCCC[C@H]2OS(C)(=O)=O)c1. The molecule has 0 bridgehead atoms. The zero-order valence-corrected chi connectivity index (χ0v) is 12.2. The molecule has 0 heterocycles. The Morgan fingerprint density at radius 3 is 2.63 bits per heavy atom. The van der Waals surface area contributed by atoms with Gasteiger partial charge < -0.3 is 4.74 Å². The van der Waals surface area contributed by atoms with Gasteiger partial charge in [-0.2, -0.15) is 8.42 Å². The first-order chi connectivity index (χ1) is 8.99. The second-order valence-electron chi connectivity index (χ2n) is 5.01. The molecular weight excluding hydrogens is 264 g/mol. The summed E-state index contributed by atoms with van der Waals surface area (Å²) in [6.45, 7) is 0. The third kappa shape index (κ3) is 3.94. The lowest BCUT2D eigenvalue weighted by Gasteiger charge is -2.31. The Morgan fingerprint density at radius 2 is 1.95 bits per heavy atom. The van der Waals surface area contributed by atoms with Crippen molar-refractivity contribution in [3.05, 3.63) is 29.8 Å².